The van der Waals surface area contributed by atoms with E-state index in [1.807, 2.05) is 0 Å². The summed E-state index contributed by atoms with van der Waals surface area (Å²) in [7, 11) is 4.27. The van der Waals surface area contributed by atoms with Gasteiger partial charge in [0.25, 0.3) is 0 Å². The molecule has 3 rings (SSSR count). The molecule has 2 aromatic rings. The maximum Gasteiger partial charge on any atom is 0.145 e. The highest BCUT2D eigenvalue weighted by molar-refractivity contribution is 5.89. The highest BCUT2D eigenvalue weighted by Gasteiger charge is 2.32. The molecule has 0 radical (unpaired) electrons. The fourth-order valence-electron chi connectivity index (χ4n) is 3.17. The molecule has 0 unspecified atom stereocenters. The van der Waals surface area contributed by atoms with Crippen LogP contribution < -0.4 is 5.73 Å². The Kier molecular flexibility index (Phi) is 2.93. The molecule has 0 atom stereocenters. The average Bonchev–Trinajstić information content (AvgIpc) is 2.62. The van der Waals surface area contributed by atoms with Crippen LogP contribution in [0, 0.1) is 12.8 Å². The first-order chi connectivity index (χ1) is 9.06. The van der Waals surface area contributed by atoms with E-state index in [2.05, 4.69) is 46.7 Å². The number of fused-ring (bicyclic) bond motifs is 1. The van der Waals surface area contributed by atoms with Crippen molar-refractivity contribution in [3.63, 3.8) is 0 Å². The Balaban J connectivity index is 1.86. The Morgan fingerprint density at radius 3 is 2.79 bits per heavy atom. The fraction of sp³-hybridized carbons (Fsp3) is 0.571. The topological polar surface area (TPSA) is 60.0 Å². The first-order valence-electron chi connectivity index (χ1n) is 6.78. The molecule has 5 nitrogen and oxygen atoms in total. The van der Waals surface area contributed by atoms with Gasteiger partial charge in [-0.3, -0.25) is 0 Å². The van der Waals surface area contributed by atoms with Crippen LogP contribution in [0.5, 0.6) is 0 Å². The smallest absolute Gasteiger partial charge is 0.145 e. The van der Waals surface area contributed by atoms with Crippen LogP contribution in [0.4, 0.5) is 5.82 Å². The van der Waals surface area contributed by atoms with Crippen LogP contribution in [-0.2, 0) is 0 Å². The molecule has 2 aromatic heterocycles. The zero-order valence-electron chi connectivity index (χ0n) is 11.8. The van der Waals surface area contributed by atoms with Gasteiger partial charge in [0.05, 0.1) is 5.39 Å². The molecule has 0 bridgehead atoms. The number of anilines is 1. The molecular formula is C14H21N5. The van der Waals surface area contributed by atoms with E-state index in [9.17, 15) is 0 Å². The third kappa shape index (κ3) is 2.08. The van der Waals surface area contributed by atoms with Crippen LogP contribution in [0.15, 0.2) is 12.5 Å². The number of nitrogens with two attached hydrogens (primary N) is 1. The summed E-state index contributed by atoms with van der Waals surface area (Å²) in [6, 6.07) is 0.565. The second kappa shape index (κ2) is 4.49. The Labute approximate surface area is 113 Å². The molecule has 2 N–H and O–H groups in total. The monoisotopic (exact) mass is 259 g/mol. The maximum atomic E-state index is 5.95. The lowest BCUT2D eigenvalue weighted by atomic mass is 9.80. The van der Waals surface area contributed by atoms with Crippen molar-refractivity contribution in [1.29, 1.82) is 0 Å². The van der Waals surface area contributed by atoms with Crippen molar-refractivity contribution < 1.29 is 0 Å². The number of rotatable bonds is 3. The van der Waals surface area contributed by atoms with E-state index >= 15 is 0 Å². The molecule has 0 aliphatic heterocycles. The van der Waals surface area contributed by atoms with Crippen LogP contribution in [-0.4, -0.2) is 40.1 Å². The van der Waals surface area contributed by atoms with E-state index in [0.29, 0.717) is 11.9 Å². The van der Waals surface area contributed by atoms with Crippen molar-refractivity contribution in [3.05, 3.63) is 18.1 Å². The van der Waals surface area contributed by atoms with Crippen LogP contribution in [0.1, 0.15) is 24.4 Å². The van der Waals surface area contributed by atoms with Crippen molar-refractivity contribution in [3.8, 4) is 0 Å². The molecule has 2 heterocycles. The Hall–Kier alpha value is -1.62. The Bertz CT molecular complexity index is 595. The van der Waals surface area contributed by atoms with E-state index in [4.69, 9.17) is 5.73 Å². The molecule has 1 aliphatic rings. The Morgan fingerprint density at radius 2 is 2.11 bits per heavy atom. The van der Waals surface area contributed by atoms with Gasteiger partial charge in [0.1, 0.15) is 17.8 Å². The molecule has 1 aliphatic carbocycles. The van der Waals surface area contributed by atoms with Crippen LogP contribution in [0.3, 0.4) is 0 Å². The first kappa shape index (κ1) is 12.4. The number of hydrogen-bond donors (Lipinski definition) is 1. The van der Waals surface area contributed by atoms with E-state index in [1.54, 1.807) is 6.33 Å². The third-order valence-corrected chi connectivity index (χ3v) is 4.06. The number of hydrogen-bond acceptors (Lipinski definition) is 4. The zero-order valence-corrected chi connectivity index (χ0v) is 11.8. The molecule has 0 spiro atoms. The SMILES string of the molecule is Cc1cn([C@H]2C[C@@H](CN(C)C)C2)c2ncnc(N)c12. The van der Waals surface area contributed by atoms with Gasteiger partial charge < -0.3 is 15.2 Å². The van der Waals surface area contributed by atoms with E-state index < -0.39 is 0 Å². The minimum absolute atomic E-state index is 0.565. The van der Waals surface area contributed by atoms with Gasteiger partial charge in [-0.1, -0.05) is 0 Å². The van der Waals surface area contributed by atoms with Crippen molar-refractivity contribution in [1.82, 2.24) is 19.4 Å². The lowest BCUT2D eigenvalue weighted by molar-refractivity contribution is 0.159. The van der Waals surface area contributed by atoms with E-state index in [1.165, 1.54) is 24.9 Å². The molecule has 0 saturated heterocycles. The molecule has 1 saturated carbocycles. The molecule has 0 aromatic carbocycles. The van der Waals surface area contributed by atoms with Gasteiger partial charge in [-0.2, -0.15) is 0 Å². The molecule has 0 amide bonds. The van der Waals surface area contributed by atoms with Crippen LogP contribution in [0.25, 0.3) is 11.0 Å². The second-order valence-corrected chi connectivity index (χ2v) is 5.93. The zero-order chi connectivity index (χ0) is 13.6. The van der Waals surface area contributed by atoms with E-state index in [0.717, 1.165) is 17.0 Å². The predicted octanol–water partition coefficient (Wildman–Crippen LogP) is 1.83. The number of nitrogens with zero attached hydrogens (tertiary/aromatic N) is 4. The standard InChI is InChI=1S/C14H21N5/c1-9-6-19(11-4-10(5-11)7-18(2)3)14-12(9)13(15)16-8-17-14/h6,8,10-11H,4-5,7H2,1-3H3,(H2,15,16,17)/t10-,11+. The maximum absolute atomic E-state index is 5.95. The molecule has 102 valence electrons. The lowest BCUT2D eigenvalue weighted by Crippen LogP contribution is -2.33. The summed E-state index contributed by atoms with van der Waals surface area (Å²) in [5.41, 5.74) is 8.11. The second-order valence-electron chi connectivity index (χ2n) is 5.93. The lowest BCUT2D eigenvalue weighted by Gasteiger charge is -2.38. The molecular weight excluding hydrogens is 238 g/mol. The van der Waals surface area contributed by atoms with Gasteiger partial charge >= 0.3 is 0 Å². The highest BCUT2D eigenvalue weighted by atomic mass is 15.1. The summed E-state index contributed by atoms with van der Waals surface area (Å²) in [6.45, 7) is 3.25. The van der Waals surface area contributed by atoms with E-state index in [-0.39, 0.29) is 0 Å². The highest BCUT2D eigenvalue weighted by Crippen LogP contribution is 2.40. The van der Waals surface area contributed by atoms with Crippen molar-refractivity contribution in [2.45, 2.75) is 25.8 Å². The number of nitrogen functional groups attached to an aromatic ring is 1. The van der Waals surface area contributed by atoms with Gasteiger partial charge in [0, 0.05) is 18.8 Å². The number of aromatic nitrogens is 3. The van der Waals surface area contributed by atoms with Crippen molar-refractivity contribution in [2.24, 2.45) is 5.92 Å². The summed E-state index contributed by atoms with van der Waals surface area (Å²) in [4.78, 5) is 10.8. The normalized spacial score (nSPS) is 22.9. The van der Waals surface area contributed by atoms with Gasteiger partial charge in [-0.25, -0.2) is 9.97 Å². The molecule has 5 heteroatoms. The Morgan fingerprint density at radius 1 is 1.37 bits per heavy atom. The summed E-state index contributed by atoms with van der Waals surface area (Å²) in [5.74, 6) is 1.39. The van der Waals surface area contributed by atoms with Gasteiger partial charge in [0.2, 0.25) is 0 Å². The first-order valence-corrected chi connectivity index (χ1v) is 6.78. The number of aryl methyl sites for hydroxylation is 1. The minimum Gasteiger partial charge on any atom is -0.383 e. The predicted molar refractivity (Wildman–Crippen MR) is 77.0 cm³/mol. The minimum atomic E-state index is 0.565. The summed E-state index contributed by atoms with van der Waals surface area (Å²) in [6.07, 6.45) is 6.19. The van der Waals surface area contributed by atoms with Crippen molar-refractivity contribution in [2.75, 3.05) is 26.4 Å². The van der Waals surface area contributed by atoms with Gasteiger partial charge in [0.15, 0.2) is 0 Å². The quantitative estimate of drug-likeness (QED) is 0.913. The van der Waals surface area contributed by atoms with Crippen LogP contribution >= 0.6 is 0 Å². The molecule has 1 fully saturated rings. The average molecular weight is 259 g/mol. The largest absolute Gasteiger partial charge is 0.383 e. The fourth-order valence-corrected chi connectivity index (χ4v) is 3.17. The summed E-state index contributed by atoms with van der Waals surface area (Å²) in [5, 5.41) is 1.01. The van der Waals surface area contributed by atoms with Gasteiger partial charge in [-0.15, -0.1) is 0 Å². The summed E-state index contributed by atoms with van der Waals surface area (Å²) >= 11 is 0. The van der Waals surface area contributed by atoms with Crippen LogP contribution in [0.2, 0.25) is 0 Å². The van der Waals surface area contributed by atoms with Crippen molar-refractivity contribution >= 4 is 16.9 Å². The molecule has 19 heavy (non-hydrogen) atoms. The summed E-state index contributed by atoms with van der Waals surface area (Å²) < 4.78 is 2.29. The third-order valence-electron chi connectivity index (χ3n) is 4.06. The van der Waals surface area contributed by atoms with Gasteiger partial charge in [-0.05, 0) is 45.3 Å².